The number of carbonyl (C=O) groups excluding carboxylic acids is 1. The fourth-order valence-corrected chi connectivity index (χ4v) is 6.34. The van der Waals surface area contributed by atoms with Crippen LogP contribution in [0.5, 0.6) is 0 Å². The number of hydrogen-bond acceptors (Lipinski definition) is 6. The molecular formula is C20H22N4O3S2. The average molecular weight is 431 g/mol. The third-order valence-corrected chi connectivity index (χ3v) is 8.51. The average Bonchev–Trinajstić information content (AvgIpc) is 3.16. The van der Waals surface area contributed by atoms with Crippen LogP contribution < -0.4 is 5.32 Å². The second kappa shape index (κ2) is 8.22. The number of anilines is 1. The largest absolute Gasteiger partial charge is 0.302 e. The Bertz CT molecular complexity index is 1020. The van der Waals surface area contributed by atoms with Crippen molar-refractivity contribution in [1.82, 2.24) is 9.29 Å². The predicted molar refractivity (Wildman–Crippen MR) is 110 cm³/mol. The summed E-state index contributed by atoms with van der Waals surface area (Å²) < 4.78 is 27.0. The molecule has 1 saturated heterocycles. The Hall–Kier alpha value is -2.28. The zero-order chi connectivity index (χ0) is 20.4. The van der Waals surface area contributed by atoms with Gasteiger partial charge in [0.2, 0.25) is 15.9 Å². The number of piperidine rings is 1. The van der Waals surface area contributed by atoms with Crippen molar-refractivity contribution in [3.8, 4) is 6.07 Å². The van der Waals surface area contributed by atoms with Gasteiger partial charge in [0.05, 0.1) is 22.2 Å². The number of amides is 1. The van der Waals surface area contributed by atoms with Crippen molar-refractivity contribution in [2.45, 2.75) is 43.4 Å². The van der Waals surface area contributed by atoms with E-state index >= 15 is 0 Å². The van der Waals surface area contributed by atoms with Crippen LogP contribution in [0.25, 0.3) is 0 Å². The molecule has 0 bridgehead atoms. The molecule has 4 rings (SSSR count). The third-order valence-electron chi connectivity index (χ3n) is 5.52. The second-order valence-electron chi connectivity index (χ2n) is 7.40. The molecule has 152 valence electrons. The van der Waals surface area contributed by atoms with E-state index < -0.39 is 10.0 Å². The van der Waals surface area contributed by atoms with Crippen molar-refractivity contribution in [2.24, 2.45) is 5.92 Å². The van der Waals surface area contributed by atoms with Crippen LogP contribution in [-0.2, 0) is 27.7 Å². The molecule has 2 aromatic rings. The summed E-state index contributed by atoms with van der Waals surface area (Å²) in [5.41, 5.74) is 1.53. The molecule has 0 spiro atoms. The summed E-state index contributed by atoms with van der Waals surface area (Å²) in [6.07, 6.45) is 5.30. The van der Waals surface area contributed by atoms with Crippen LogP contribution in [0.2, 0.25) is 0 Å². The molecule has 1 aromatic heterocycles. The Labute approximate surface area is 174 Å². The predicted octanol–water partition coefficient (Wildman–Crippen LogP) is 2.93. The van der Waals surface area contributed by atoms with E-state index in [4.69, 9.17) is 5.26 Å². The van der Waals surface area contributed by atoms with E-state index in [1.165, 1.54) is 39.9 Å². The van der Waals surface area contributed by atoms with Gasteiger partial charge in [0.15, 0.2) is 5.13 Å². The topological polar surface area (TPSA) is 103 Å². The number of fused-ring (bicyclic) bond motifs is 1. The van der Waals surface area contributed by atoms with Crippen LogP contribution in [-0.4, -0.2) is 36.7 Å². The second-order valence-corrected chi connectivity index (χ2v) is 10.4. The highest BCUT2D eigenvalue weighted by Gasteiger charge is 2.32. The van der Waals surface area contributed by atoms with Gasteiger partial charge in [-0.2, -0.15) is 9.57 Å². The van der Waals surface area contributed by atoms with Gasteiger partial charge >= 0.3 is 0 Å². The number of nitrogens with one attached hydrogen (secondary N) is 1. The smallest absolute Gasteiger partial charge is 0.243 e. The first-order valence-electron chi connectivity index (χ1n) is 9.77. The lowest BCUT2D eigenvalue weighted by atomic mass is 9.97. The molecule has 2 heterocycles. The van der Waals surface area contributed by atoms with Gasteiger partial charge in [-0.25, -0.2) is 13.4 Å². The molecule has 0 saturated carbocycles. The minimum atomic E-state index is -3.62. The number of sulfonamides is 1. The van der Waals surface area contributed by atoms with Crippen molar-refractivity contribution in [3.05, 3.63) is 40.4 Å². The van der Waals surface area contributed by atoms with E-state index in [2.05, 4.69) is 10.3 Å². The first-order chi connectivity index (χ1) is 14.0. The Balaban J connectivity index is 1.36. The maximum atomic E-state index is 12.8. The maximum Gasteiger partial charge on any atom is 0.243 e. The monoisotopic (exact) mass is 430 g/mol. The highest BCUT2D eigenvalue weighted by Crippen LogP contribution is 2.31. The fourth-order valence-electron chi connectivity index (χ4n) is 3.82. The van der Waals surface area contributed by atoms with Crippen LogP contribution in [0.4, 0.5) is 5.13 Å². The van der Waals surface area contributed by atoms with Crippen molar-refractivity contribution in [1.29, 1.82) is 5.26 Å². The van der Waals surface area contributed by atoms with E-state index in [9.17, 15) is 13.2 Å². The minimum Gasteiger partial charge on any atom is -0.302 e. The molecule has 1 aliphatic carbocycles. The molecule has 1 aliphatic heterocycles. The summed E-state index contributed by atoms with van der Waals surface area (Å²) in [6.45, 7) is 0.601. The van der Waals surface area contributed by atoms with Crippen LogP contribution in [0, 0.1) is 17.2 Å². The Kier molecular flexibility index (Phi) is 5.67. The summed E-state index contributed by atoms with van der Waals surface area (Å²) in [7, 11) is -3.62. The number of nitriles is 1. The van der Waals surface area contributed by atoms with Gasteiger partial charge in [0.1, 0.15) is 0 Å². The zero-order valence-corrected chi connectivity index (χ0v) is 17.6. The molecule has 9 heteroatoms. The minimum absolute atomic E-state index is 0.0773. The molecule has 1 N–H and O–H groups in total. The Morgan fingerprint density at radius 3 is 2.52 bits per heavy atom. The van der Waals surface area contributed by atoms with Crippen molar-refractivity contribution in [3.63, 3.8) is 0 Å². The molecule has 0 unspecified atom stereocenters. The molecule has 2 aliphatic rings. The van der Waals surface area contributed by atoms with Crippen LogP contribution in [0.1, 0.15) is 41.8 Å². The molecule has 0 atom stereocenters. The standard InChI is InChI=1S/C20H22N4O3S2/c21-13-14-5-7-16(8-6-14)29(26,27)24-11-9-15(10-12-24)19(25)23-20-22-17-3-1-2-4-18(17)28-20/h5-8,15H,1-4,9-12H2,(H,22,23,25). The quantitative estimate of drug-likeness (QED) is 0.803. The number of thiazole rings is 1. The fraction of sp³-hybridized carbons (Fsp3) is 0.450. The number of nitrogens with zero attached hydrogens (tertiary/aromatic N) is 3. The lowest BCUT2D eigenvalue weighted by Crippen LogP contribution is -2.41. The number of benzene rings is 1. The van der Waals surface area contributed by atoms with Gasteiger partial charge in [-0.1, -0.05) is 0 Å². The molecule has 1 amide bonds. The van der Waals surface area contributed by atoms with Crippen LogP contribution in [0.15, 0.2) is 29.2 Å². The highest BCUT2D eigenvalue weighted by molar-refractivity contribution is 7.89. The van der Waals surface area contributed by atoms with Crippen molar-refractivity contribution in [2.75, 3.05) is 18.4 Å². The Morgan fingerprint density at radius 2 is 1.86 bits per heavy atom. The lowest BCUT2D eigenvalue weighted by molar-refractivity contribution is -0.120. The Morgan fingerprint density at radius 1 is 1.17 bits per heavy atom. The normalized spacial score (nSPS) is 18.0. The van der Waals surface area contributed by atoms with Gasteiger partial charge in [0.25, 0.3) is 0 Å². The molecule has 1 fully saturated rings. The summed E-state index contributed by atoms with van der Waals surface area (Å²) in [4.78, 5) is 18.6. The summed E-state index contributed by atoms with van der Waals surface area (Å²) in [5.74, 6) is -0.296. The summed E-state index contributed by atoms with van der Waals surface area (Å²) >= 11 is 1.56. The zero-order valence-electron chi connectivity index (χ0n) is 15.9. The van der Waals surface area contributed by atoms with Gasteiger partial charge in [-0.3, -0.25) is 4.79 Å². The van der Waals surface area contributed by atoms with E-state index in [-0.39, 0.29) is 16.7 Å². The number of aryl methyl sites for hydroxylation is 2. The van der Waals surface area contributed by atoms with Crippen molar-refractivity contribution < 1.29 is 13.2 Å². The van der Waals surface area contributed by atoms with Gasteiger partial charge < -0.3 is 5.32 Å². The molecule has 1 aromatic carbocycles. The number of aromatic nitrogens is 1. The molecule has 29 heavy (non-hydrogen) atoms. The SMILES string of the molecule is N#Cc1ccc(S(=O)(=O)N2CCC(C(=O)Nc3nc4c(s3)CCCC4)CC2)cc1. The van der Waals surface area contributed by atoms with E-state index in [1.807, 2.05) is 6.07 Å². The highest BCUT2D eigenvalue weighted by atomic mass is 32.2. The van der Waals surface area contributed by atoms with Crippen LogP contribution >= 0.6 is 11.3 Å². The van der Waals surface area contributed by atoms with E-state index in [0.29, 0.717) is 36.6 Å². The number of hydrogen-bond donors (Lipinski definition) is 1. The molecule has 7 nitrogen and oxygen atoms in total. The van der Waals surface area contributed by atoms with E-state index in [0.717, 1.165) is 25.0 Å². The number of rotatable bonds is 4. The van der Waals surface area contributed by atoms with E-state index in [1.54, 1.807) is 11.3 Å². The third kappa shape index (κ3) is 4.20. The lowest BCUT2D eigenvalue weighted by Gasteiger charge is -2.30. The van der Waals surface area contributed by atoms with Crippen molar-refractivity contribution >= 4 is 32.4 Å². The van der Waals surface area contributed by atoms with Gasteiger partial charge in [-0.05, 0) is 62.8 Å². The summed E-state index contributed by atoms with van der Waals surface area (Å²) in [6, 6.07) is 7.89. The maximum absolute atomic E-state index is 12.8. The van der Waals surface area contributed by atoms with Crippen LogP contribution in [0.3, 0.4) is 0 Å². The first kappa shape index (κ1) is 20.0. The van der Waals surface area contributed by atoms with Gasteiger partial charge in [0, 0.05) is 23.9 Å². The first-order valence-corrected chi connectivity index (χ1v) is 12.0. The molecule has 0 radical (unpaired) electrons. The molecular weight excluding hydrogens is 408 g/mol. The van der Waals surface area contributed by atoms with Gasteiger partial charge in [-0.15, -0.1) is 11.3 Å². The number of carbonyl (C=O) groups is 1. The summed E-state index contributed by atoms with van der Waals surface area (Å²) in [5, 5.41) is 12.5.